The third kappa shape index (κ3) is 4.86. The van der Waals surface area contributed by atoms with Gasteiger partial charge in [-0.15, -0.1) is 0 Å². The molecular weight excluding hydrogens is 402 g/mol. The molecule has 0 aliphatic rings. The van der Waals surface area contributed by atoms with Crippen molar-refractivity contribution in [2.45, 2.75) is 25.8 Å². The normalized spacial score (nSPS) is 11.8. The first-order valence-corrected chi connectivity index (χ1v) is 10.5. The summed E-state index contributed by atoms with van der Waals surface area (Å²) in [6.45, 7) is 1.50. The van der Waals surface area contributed by atoms with E-state index in [0.717, 1.165) is 16.6 Å². The number of ketones is 1. The molecule has 1 aromatic heterocycles. The van der Waals surface area contributed by atoms with Crippen LogP contribution in [0.4, 0.5) is 0 Å². The first-order chi connectivity index (χ1) is 15.5. The third-order valence-electron chi connectivity index (χ3n) is 5.39. The van der Waals surface area contributed by atoms with Gasteiger partial charge in [-0.05, 0) is 49.2 Å². The number of nitrogens with one attached hydrogen (secondary N) is 2. The summed E-state index contributed by atoms with van der Waals surface area (Å²) < 4.78 is 5.40. The fourth-order valence-corrected chi connectivity index (χ4v) is 3.76. The van der Waals surface area contributed by atoms with Gasteiger partial charge in [-0.2, -0.15) is 0 Å². The summed E-state index contributed by atoms with van der Waals surface area (Å²) in [5, 5.41) is 3.12. The molecule has 0 saturated heterocycles. The maximum atomic E-state index is 13.1. The predicted molar refractivity (Wildman–Crippen MR) is 124 cm³/mol. The van der Waals surface area contributed by atoms with Crippen LogP contribution >= 0.6 is 0 Å². The Hall–Kier alpha value is -3.93. The Kier molecular flexibility index (Phi) is 6.31. The van der Waals surface area contributed by atoms with Crippen LogP contribution in [0, 0.1) is 0 Å². The van der Waals surface area contributed by atoms with E-state index in [1.807, 2.05) is 54.6 Å². The molecule has 0 saturated carbocycles. The lowest BCUT2D eigenvalue weighted by atomic mass is 10.0. The smallest absolute Gasteiger partial charge is 0.225 e. The SMILES string of the molecule is COc1ccc(C(C)=O)cc1CC(=O)N[C@@H](Cc1ccccc1)c1nc2ccccc2[nH]1. The molecule has 1 amide bonds. The van der Waals surface area contributed by atoms with Crippen LogP contribution in [0.1, 0.15) is 40.3 Å². The van der Waals surface area contributed by atoms with Crippen molar-refractivity contribution in [1.29, 1.82) is 0 Å². The number of carbonyl (C=O) groups is 2. The van der Waals surface area contributed by atoms with Crippen LogP contribution in [0.5, 0.6) is 5.75 Å². The Morgan fingerprint density at radius 2 is 1.78 bits per heavy atom. The number of imidazole rings is 1. The second-order valence-electron chi connectivity index (χ2n) is 7.71. The van der Waals surface area contributed by atoms with E-state index in [9.17, 15) is 9.59 Å². The van der Waals surface area contributed by atoms with Crippen molar-refractivity contribution in [2.24, 2.45) is 0 Å². The zero-order valence-corrected chi connectivity index (χ0v) is 18.1. The lowest BCUT2D eigenvalue weighted by Gasteiger charge is -2.18. The van der Waals surface area contributed by atoms with E-state index in [-0.39, 0.29) is 24.2 Å². The number of aromatic amines is 1. The highest BCUT2D eigenvalue weighted by Crippen LogP contribution is 2.23. The van der Waals surface area contributed by atoms with Crippen LogP contribution in [0.15, 0.2) is 72.8 Å². The largest absolute Gasteiger partial charge is 0.496 e. The molecular formula is C26H25N3O3. The number of ether oxygens (including phenoxy) is 1. The van der Waals surface area contributed by atoms with Crippen molar-refractivity contribution < 1.29 is 14.3 Å². The summed E-state index contributed by atoms with van der Waals surface area (Å²) in [5.41, 5.74) is 4.08. The summed E-state index contributed by atoms with van der Waals surface area (Å²) in [4.78, 5) is 32.9. The Labute approximate surface area is 186 Å². The number of methoxy groups -OCH3 is 1. The van der Waals surface area contributed by atoms with Gasteiger partial charge in [0.1, 0.15) is 11.6 Å². The number of amides is 1. The molecule has 4 rings (SSSR count). The molecule has 6 heteroatoms. The highest BCUT2D eigenvalue weighted by Gasteiger charge is 2.20. The maximum absolute atomic E-state index is 13.1. The van der Waals surface area contributed by atoms with Gasteiger partial charge in [-0.3, -0.25) is 9.59 Å². The molecule has 0 bridgehead atoms. The van der Waals surface area contributed by atoms with E-state index >= 15 is 0 Å². The first-order valence-electron chi connectivity index (χ1n) is 10.5. The van der Waals surface area contributed by atoms with Crippen LogP contribution in [-0.4, -0.2) is 28.8 Å². The number of H-pyrrole nitrogens is 1. The van der Waals surface area contributed by atoms with Crippen molar-refractivity contribution in [3.8, 4) is 5.75 Å². The van der Waals surface area contributed by atoms with E-state index < -0.39 is 0 Å². The fourth-order valence-electron chi connectivity index (χ4n) is 3.76. The monoisotopic (exact) mass is 427 g/mol. The predicted octanol–water partition coefficient (Wildman–Crippen LogP) is 4.42. The van der Waals surface area contributed by atoms with Gasteiger partial charge in [0.15, 0.2) is 5.78 Å². The highest BCUT2D eigenvalue weighted by molar-refractivity contribution is 5.94. The molecule has 0 aliphatic heterocycles. The summed E-state index contributed by atoms with van der Waals surface area (Å²) in [6.07, 6.45) is 0.687. The Morgan fingerprint density at radius 3 is 2.50 bits per heavy atom. The fraction of sp³-hybridized carbons (Fsp3) is 0.192. The molecule has 162 valence electrons. The molecule has 4 aromatic rings. The highest BCUT2D eigenvalue weighted by atomic mass is 16.5. The van der Waals surface area contributed by atoms with Crippen LogP contribution in [0.25, 0.3) is 11.0 Å². The van der Waals surface area contributed by atoms with Gasteiger partial charge in [0.05, 0.1) is 30.6 Å². The molecule has 0 unspecified atom stereocenters. The number of benzene rings is 3. The standard InChI is InChI=1S/C26H25N3O3/c1-17(30)19-12-13-24(32-2)20(15-19)16-25(31)27-23(14-18-8-4-3-5-9-18)26-28-21-10-6-7-11-22(21)29-26/h3-13,15,23H,14,16H2,1-2H3,(H,27,31)(H,28,29)/t23-/m0/s1. The summed E-state index contributed by atoms with van der Waals surface area (Å²) in [5.74, 6) is 1.05. The van der Waals surface area contributed by atoms with Crippen LogP contribution < -0.4 is 10.1 Å². The summed E-state index contributed by atoms with van der Waals surface area (Å²) in [6, 6.07) is 22.6. The Balaban J connectivity index is 1.60. The molecule has 2 N–H and O–H groups in total. The van der Waals surface area contributed by atoms with Gasteiger partial charge in [-0.1, -0.05) is 42.5 Å². The lowest BCUT2D eigenvalue weighted by molar-refractivity contribution is -0.121. The number of rotatable bonds is 8. The van der Waals surface area contributed by atoms with Crippen LogP contribution in [0.3, 0.4) is 0 Å². The number of fused-ring (bicyclic) bond motifs is 1. The van der Waals surface area contributed by atoms with Gasteiger partial charge < -0.3 is 15.0 Å². The molecule has 1 atom stereocenters. The van der Waals surface area contributed by atoms with Crippen LogP contribution in [-0.2, 0) is 17.6 Å². The molecule has 32 heavy (non-hydrogen) atoms. The van der Waals surface area contributed by atoms with Crippen LogP contribution in [0.2, 0.25) is 0 Å². The molecule has 3 aromatic carbocycles. The lowest BCUT2D eigenvalue weighted by Crippen LogP contribution is -2.32. The number of hydrogen-bond donors (Lipinski definition) is 2. The number of carbonyl (C=O) groups excluding carboxylic acids is 2. The van der Waals surface area contributed by atoms with Gasteiger partial charge in [0.25, 0.3) is 0 Å². The second-order valence-corrected chi connectivity index (χ2v) is 7.71. The van der Waals surface area contributed by atoms with E-state index in [4.69, 9.17) is 9.72 Å². The van der Waals surface area contributed by atoms with Crippen molar-refractivity contribution in [2.75, 3.05) is 7.11 Å². The average molecular weight is 428 g/mol. The zero-order chi connectivity index (χ0) is 22.5. The number of Topliss-reactive ketones (excluding diaryl/α,β-unsaturated/α-hetero) is 1. The molecule has 1 heterocycles. The van der Waals surface area contributed by atoms with Gasteiger partial charge in [0.2, 0.25) is 5.91 Å². The summed E-state index contributed by atoms with van der Waals surface area (Å²) >= 11 is 0. The van der Waals surface area contributed by atoms with E-state index in [2.05, 4.69) is 10.3 Å². The number of aromatic nitrogens is 2. The Morgan fingerprint density at radius 1 is 1.03 bits per heavy atom. The third-order valence-corrected chi connectivity index (χ3v) is 5.39. The second kappa shape index (κ2) is 9.47. The zero-order valence-electron chi connectivity index (χ0n) is 18.1. The summed E-state index contributed by atoms with van der Waals surface area (Å²) in [7, 11) is 1.55. The molecule has 0 aliphatic carbocycles. The molecule has 0 radical (unpaired) electrons. The van der Waals surface area contributed by atoms with Crippen molar-refractivity contribution in [3.63, 3.8) is 0 Å². The molecule has 0 fully saturated rings. The molecule has 0 spiro atoms. The number of para-hydroxylation sites is 2. The maximum Gasteiger partial charge on any atom is 0.225 e. The van der Waals surface area contributed by atoms with Gasteiger partial charge >= 0.3 is 0 Å². The topological polar surface area (TPSA) is 84.1 Å². The number of nitrogens with zero attached hydrogens (tertiary/aromatic N) is 1. The Bertz CT molecular complexity index is 1210. The minimum absolute atomic E-state index is 0.0569. The van der Waals surface area contributed by atoms with Gasteiger partial charge in [-0.25, -0.2) is 4.98 Å². The van der Waals surface area contributed by atoms with E-state index in [0.29, 0.717) is 29.1 Å². The number of hydrogen-bond acceptors (Lipinski definition) is 4. The minimum atomic E-state index is -0.334. The molecule has 6 nitrogen and oxygen atoms in total. The van der Waals surface area contributed by atoms with Gasteiger partial charge in [0, 0.05) is 11.1 Å². The van der Waals surface area contributed by atoms with Crippen molar-refractivity contribution >= 4 is 22.7 Å². The van der Waals surface area contributed by atoms with E-state index in [1.165, 1.54) is 6.92 Å². The van der Waals surface area contributed by atoms with E-state index in [1.54, 1.807) is 25.3 Å². The quantitative estimate of drug-likeness (QED) is 0.408. The minimum Gasteiger partial charge on any atom is -0.496 e. The van der Waals surface area contributed by atoms with Crippen molar-refractivity contribution in [1.82, 2.24) is 15.3 Å². The van der Waals surface area contributed by atoms with Crippen molar-refractivity contribution in [3.05, 3.63) is 95.3 Å². The average Bonchev–Trinajstić information content (AvgIpc) is 3.23. The first kappa shape index (κ1) is 21.3.